The Morgan fingerprint density at radius 3 is 2.52 bits per heavy atom. The van der Waals surface area contributed by atoms with Gasteiger partial charge in [-0.2, -0.15) is 0 Å². The van der Waals surface area contributed by atoms with Crippen molar-refractivity contribution in [1.29, 1.82) is 0 Å². The first kappa shape index (κ1) is 19.1. The van der Waals surface area contributed by atoms with E-state index in [0.29, 0.717) is 17.1 Å². The molecule has 1 saturated heterocycles. The predicted molar refractivity (Wildman–Crippen MR) is 105 cm³/mol. The Morgan fingerprint density at radius 1 is 1.11 bits per heavy atom. The minimum Gasteiger partial charge on any atom is -0.376 e. The van der Waals surface area contributed by atoms with E-state index in [1.807, 2.05) is 6.07 Å². The second kappa shape index (κ2) is 9.35. The van der Waals surface area contributed by atoms with E-state index in [9.17, 15) is 9.59 Å². The summed E-state index contributed by atoms with van der Waals surface area (Å²) in [5, 5.41) is 6.15. The van der Waals surface area contributed by atoms with E-state index in [-0.39, 0.29) is 23.6 Å². The molecule has 6 heteroatoms. The molecule has 0 aromatic heterocycles. The fraction of sp³-hybridized carbons (Fsp3) is 0.238. The number of amides is 2. The molecule has 2 aromatic carbocycles. The fourth-order valence-corrected chi connectivity index (χ4v) is 2.90. The number of carbonyl (C=O) groups excluding carboxylic acids is 2. The summed E-state index contributed by atoms with van der Waals surface area (Å²) in [6, 6.07) is 15.8. The molecular weight excluding hydrogens is 364 g/mol. The number of hydrogen-bond donors (Lipinski definition) is 2. The summed E-state index contributed by atoms with van der Waals surface area (Å²) in [4.78, 5) is 25.1. The number of rotatable bonds is 6. The first-order valence-corrected chi connectivity index (χ1v) is 9.23. The van der Waals surface area contributed by atoms with Gasteiger partial charge in [-0.15, -0.1) is 0 Å². The van der Waals surface area contributed by atoms with Gasteiger partial charge in [0.25, 0.3) is 11.8 Å². The summed E-state index contributed by atoms with van der Waals surface area (Å²) in [5.41, 5.74) is 1.41. The Kier molecular flexibility index (Phi) is 6.63. The lowest BCUT2D eigenvalue weighted by atomic mass is 10.1. The summed E-state index contributed by atoms with van der Waals surface area (Å²) >= 11 is 5.91. The Balaban J connectivity index is 1.75. The van der Waals surface area contributed by atoms with Crippen LogP contribution in [-0.2, 0) is 9.53 Å². The van der Waals surface area contributed by atoms with Crippen LogP contribution in [0.5, 0.6) is 0 Å². The van der Waals surface area contributed by atoms with Crippen LogP contribution >= 0.6 is 11.6 Å². The third kappa shape index (κ3) is 5.67. The molecule has 0 spiro atoms. The monoisotopic (exact) mass is 384 g/mol. The Bertz CT molecular complexity index is 813. The van der Waals surface area contributed by atoms with Crippen LogP contribution in [0.1, 0.15) is 28.8 Å². The van der Waals surface area contributed by atoms with Crippen LogP contribution in [0.25, 0.3) is 6.08 Å². The van der Waals surface area contributed by atoms with Crippen LogP contribution in [0, 0.1) is 0 Å². The van der Waals surface area contributed by atoms with Crippen LogP contribution in [0.2, 0.25) is 5.02 Å². The van der Waals surface area contributed by atoms with Crippen molar-refractivity contribution in [3.63, 3.8) is 0 Å². The molecule has 2 N–H and O–H groups in total. The van der Waals surface area contributed by atoms with Gasteiger partial charge in [0.05, 0.1) is 6.10 Å². The van der Waals surface area contributed by atoms with Gasteiger partial charge in [0.2, 0.25) is 0 Å². The molecule has 1 atom stereocenters. The summed E-state index contributed by atoms with van der Waals surface area (Å²) < 4.78 is 5.53. The second-order valence-electron chi connectivity index (χ2n) is 6.27. The van der Waals surface area contributed by atoms with Gasteiger partial charge in [-0.25, -0.2) is 0 Å². The van der Waals surface area contributed by atoms with Crippen molar-refractivity contribution in [1.82, 2.24) is 10.6 Å². The number of halogens is 1. The van der Waals surface area contributed by atoms with Gasteiger partial charge in [-0.3, -0.25) is 9.59 Å². The largest absolute Gasteiger partial charge is 0.376 e. The summed E-state index contributed by atoms with van der Waals surface area (Å²) in [6.45, 7) is 1.14. The zero-order valence-electron chi connectivity index (χ0n) is 14.8. The van der Waals surface area contributed by atoms with E-state index in [2.05, 4.69) is 10.6 Å². The molecular formula is C21H21ClN2O3. The minimum absolute atomic E-state index is 0.0237. The van der Waals surface area contributed by atoms with Gasteiger partial charge < -0.3 is 15.4 Å². The van der Waals surface area contributed by atoms with Crippen molar-refractivity contribution in [3.05, 3.63) is 76.4 Å². The molecule has 0 saturated carbocycles. The minimum atomic E-state index is -0.357. The van der Waals surface area contributed by atoms with Crippen molar-refractivity contribution in [3.8, 4) is 0 Å². The third-order valence-corrected chi connectivity index (χ3v) is 4.48. The molecule has 1 fully saturated rings. The molecule has 3 rings (SSSR count). The molecule has 0 radical (unpaired) electrons. The molecule has 0 unspecified atom stereocenters. The van der Waals surface area contributed by atoms with Gasteiger partial charge in [-0.05, 0) is 48.7 Å². The first-order chi connectivity index (χ1) is 13.1. The molecule has 1 heterocycles. The standard InChI is InChI=1S/C21H21ClN2O3/c22-17-10-8-15(9-11-17)13-19(21(26)23-14-18-7-4-12-27-18)24-20(25)16-5-2-1-3-6-16/h1-3,5-6,8-11,13,18H,4,7,12,14H2,(H,23,26)(H,24,25)/b19-13+/t18-/m1/s1. The molecule has 2 aromatic rings. The maximum atomic E-state index is 12.7. The van der Waals surface area contributed by atoms with Crippen molar-refractivity contribution >= 4 is 29.5 Å². The van der Waals surface area contributed by atoms with Crippen molar-refractivity contribution < 1.29 is 14.3 Å². The van der Waals surface area contributed by atoms with E-state index >= 15 is 0 Å². The maximum Gasteiger partial charge on any atom is 0.267 e. The second-order valence-corrected chi connectivity index (χ2v) is 6.71. The van der Waals surface area contributed by atoms with Crippen molar-refractivity contribution in [2.75, 3.05) is 13.2 Å². The van der Waals surface area contributed by atoms with E-state index in [4.69, 9.17) is 16.3 Å². The highest BCUT2D eigenvalue weighted by Crippen LogP contribution is 2.13. The SMILES string of the molecule is O=C(NC[C@H]1CCCO1)/C(=C\c1ccc(Cl)cc1)NC(=O)c1ccccc1. The summed E-state index contributed by atoms with van der Waals surface area (Å²) in [7, 11) is 0. The van der Waals surface area contributed by atoms with E-state index in [1.54, 1.807) is 54.6 Å². The van der Waals surface area contributed by atoms with Gasteiger partial charge in [0.15, 0.2) is 0 Å². The molecule has 0 aliphatic carbocycles. The van der Waals surface area contributed by atoms with Gasteiger partial charge in [-0.1, -0.05) is 41.9 Å². The smallest absolute Gasteiger partial charge is 0.267 e. The van der Waals surface area contributed by atoms with Crippen LogP contribution in [0.15, 0.2) is 60.3 Å². The van der Waals surface area contributed by atoms with Gasteiger partial charge in [0, 0.05) is 23.7 Å². The summed E-state index contributed by atoms with van der Waals surface area (Å²) in [6.07, 6.45) is 3.57. The highest BCUT2D eigenvalue weighted by molar-refractivity contribution is 6.30. The molecule has 140 valence electrons. The lowest BCUT2D eigenvalue weighted by Gasteiger charge is -2.14. The molecule has 27 heavy (non-hydrogen) atoms. The number of carbonyl (C=O) groups is 2. The lowest BCUT2D eigenvalue weighted by molar-refractivity contribution is -0.118. The van der Waals surface area contributed by atoms with Gasteiger partial charge >= 0.3 is 0 Å². The third-order valence-electron chi connectivity index (χ3n) is 4.22. The zero-order chi connectivity index (χ0) is 19.1. The Labute approximate surface area is 163 Å². The molecule has 2 amide bonds. The number of benzene rings is 2. The van der Waals surface area contributed by atoms with Gasteiger partial charge in [0.1, 0.15) is 5.70 Å². The molecule has 5 nitrogen and oxygen atoms in total. The number of nitrogens with one attached hydrogen (secondary N) is 2. The molecule has 1 aliphatic heterocycles. The first-order valence-electron chi connectivity index (χ1n) is 8.85. The van der Waals surface area contributed by atoms with Crippen molar-refractivity contribution in [2.45, 2.75) is 18.9 Å². The quantitative estimate of drug-likeness (QED) is 0.750. The normalized spacial score (nSPS) is 16.8. The fourth-order valence-electron chi connectivity index (χ4n) is 2.78. The van der Waals surface area contributed by atoms with Crippen molar-refractivity contribution in [2.24, 2.45) is 0 Å². The predicted octanol–water partition coefficient (Wildman–Crippen LogP) is 3.41. The number of ether oxygens (including phenoxy) is 1. The van der Waals surface area contributed by atoms with E-state index < -0.39 is 0 Å². The van der Waals surface area contributed by atoms with E-state index in [1.165, 1.54) is 0 Å². The topological polar surface area (TPSA) is 67.4 Å². The highest BCUT2D eigenvalue weighted by atomic mass is 35.5. The van der Waals surface area contributed by atoms with Crippen LogP contribution in [0.3, 0.4) is 0 Å². The zero-order valence-corrected chi connectivity index (χ0v) is 15.5. The lowest BCUT2D eigenvalue weighted by Crippen LogP contribution is -2.38. The van der Waals surface area contributed by atoms with Crippen LogP contribution < -0.4 is 10.6 Å². The maximum absolute atomic E-state index is 12.7. The Morgan fingerprint density at radius 2 is 1.85 bits per heavy atom. The van der Waals surface area contributed by atoms with Crippen LogP contribution in [-0.4, -0.2) is 31.1 Å². The average molecular weight is 385 g/mol. The van der Waals surface area contributed by atoms with Crippen LogP contribution in [0.4, 0.5) is 0 Å². The van der Waals surface area contributed by atoms with E-state index in [0.717, 1.165) is 25.0 Å². The molecule has 1 aliphatic rings. The molecule has 0 bridgehead atoms. The highest BCUT2D eigenvalue weighted by Gasteiger charge is 2.19. The number of hydrogen-bond acceptors (Lipinski definition) is 3. The summed E-state index contributed by atoms with van der Waals surface area (Å²) in [5.74, 6) is -0.701. The Hall–Kier alpha value is -2.63. The average Bonchev–Trinajstić information content (AvgIpc) is 3.21.